The van der Waals surface area contributed by atoms with Gasteiger partial charge in [-0.3, -0.25) is 4.79 Å². The molecular formula is C17H18ClNO5. The third kappa shape index (κ3) is 4.29. The van der Waals surface area contributed by atoms with Gasteiger partial charge >= 0.3 is 5.97 Å². The lowest BCUT2D eigenvalue weighted by Crippen LogP contribution is -2.30. The number of hydrogen-bond acceptors (Lipinski definition) is 5. The van der Waals surface area contributed by atoms with E-state index in [4.69, 9.17) is 20.8 Å². The van der Waals surface area contributed by atoms with Gasteiger partial charge in [-0.25, -0.2) is 4.79 Å². The van der Waals surface area contributed by atoms with Crippen molar-refractivity contribution in [1.82, 2.24) is 4.90 Å². The summed E-state index contributed by atoms with van der Waals surface area (Å²) in [5, 5.41) is 0.442. The summed E-state index contributed by atoms with van der Waals surface area (Å²) in [6.45, 7) is 1.73. The average Bonchev–Trinajstić information content (AvgIpc) is 2.93. The summed E-state index contributed by atoms with van der Waals surface area (Å²) in [5.74, 6) is 0.663. The number of benzene rings is 1. The number of carbonyl (C=O) groups excluding carboxylic acids is 2. The number of nitrogens with zero attached hydrogens (tertiary/aromatic N) is 1. The maximum Gasteiger partial charge on any atom is 0.341 e. The van der Waals surface area contributed by atoms with Gasteiger partial charge in [-0.05, 0) is 25.1 Å². The van der Waals surface area contributed by atoms with E-state index in [0.717, 1.165) is 0 Å². The highest BCUT2D eigenvalue weighted by atomic mass is 35.5. The highest BCUT2D eigenvalue weighted by molar-refractivity contribution is 6.32. The molecule has 0 aliphatic rings. The third-order valence-corrected chi connectivity index (χ3v) is 3.69. The van der Waals surface area contributed by atoms with Gasteiger partial charge in [0, 0.05) is 7.05 Å². The Labute approximate surface area is 144 Å². The minimum absolute atomic E-state index is 0.149. The first-order valence-corrected chi connectivity index (χ1v) is 7.59. The number of aryl methyl sites for hydroxylation is 1. The summed E-state index contributed by atoms with van der Waals surface area (Å²) in [6, 6.07) is 8.50. The van der Waals surface area contributed by atoms with Crippen LogP contribution in [0.2, 0.25) is 5.02 Å². The number of likely N-dealkylation sites (N-methyl/N-ethyl adjacent to an activating group) is 1. The van der Waals surface area contributed by atoms with Crippen LogP contribution in [0.25, 0.3) is 0 Å². The monoisotopic (exact) mass is 351 g/mol. The Hall–Kier alpha value is -2.47. The van der Waals surface area contributed by atoms with E-state index >= 15 is 0 Å². The van der Waals surface area contributed by atoms with Crippen molar-refractivity contribution < 1.29 is 23.5 Å². The highest BCUT2D eigenvalue weighted by Crippen LogP contribution is 2.23. The minimum atomic E-state index is -0.474. The lowest BCUT2D eigenvalue weighted by molar-refractivity contribution is -0.132. The largest absolute Gasteiger partial charge is 0.482 e. The number of rotatable bonds is 6. The molecule has 0 saturated heterocycles. The van der Waals surface area contributed by atoms with Crippen molar-refractivity contribution in [3.05, 3.63) is 52.4 Å². The zero-order valence-corrected chi connectivity index (χ0v) is 14.4. The van der Waals surface area contributed by atoms with Crippen LogP contribution in [0, 0.1) is 6.92 Å². The number of para-hydroxylation sites is 1. The molecule has 0 spiro atoms. The molecule has 0 unspecified atom stereocenters. The fourth-order valence-corrected chi connectivity index (χ4v) is 2.26. The van der Waals surface area contributed by atoms with Crippen molar-refractivity contribution in [2.75, 3.05) is 20.8 Å². The van der Waals surface area contributed by atoms with Gasteiger partial charge in [-0.15, -0.1) is 0 Å². The Morgan fingerprint density at radius 1 is 1.29 bits per heavy atom. The van der Waals surface area contributed by atoms with E-state index in [1.165, 1.54) is 12.0 Å². The molecule has 1 aromatic heterocycles. The molecule has 1 heterocycles. The maximum atomic E-state index is 12.1. The molecule has 0 atom stereocenters. The zero-order valence-electron chi connectivity index (χ0n) is 13.7. The molecule has 0 aliphatic carbocycles. The van der Waals surface area contributed by atoms with E-state index in [9.17, 15) is 9.59 Å². The Balaban J connectivity index is 1.94. The van der Waals surface area contributed by atoms with E-state index < -0.39 is 5.97 Å². The fourth-order valence-electron chi connectivity index (χ4n) is 2.07. The van der Waals surface area contributed by atoms with Gasteiger partial charge in [0.15, 0.2) is 6.61 Å². The van der Waals surface area contributed by atoms with Gasteiger partial charge < -0.3 is 18.8 Å². The van der Waals surface area contributed by atoms with Crippen LogP contribution in [0.5, 0.6) is 5.75 Å². The molecule has 2 aromatic rings. The quantitative estimate of drug-likeness (QED) is 0.748. The van der Waals surface area contributed by atoms with E-state index in [0.29, 0.717) is 27.9 Å². The molecule has 0 saturated carbocycles. The molecule has 1 amide bonds. The number of furan rings is 1. The number of amides is 1. The summed E-state index contributed by atoms with van der Waals surface area (Å²) in [6.07, 6.45) is 0. The molecule has 1 aromatic carbocycles. The first-order chi connectivity index (χ1) is 11.4. The van der Waals surface area contributed by atoms with Crippen molar-refractivity contribution >= 4 is 23.5 Å². The SMILES string of the molecule is COC(=O)c1cc(CN(C)C(=O)COc2ccccc2Cl)oc1C. The van der Waals surface area contributed by atoms with Crippen LogP contribution in [0.15, 0.2) is 34.7 Å². The van der Waals surface area contributed by atoms with Crippen molar-refractivity contribution in [2.24, 2.45) is 0 Å². The van der Waals surface area contributed by atoms with Crippen LogP contribution in [0.1, 0.15) is 21.9 Å². The zero-order chi connectivity index (χ0) is 17.7. The first kappa shape index (κ1) is 17.9. The molecular weight excluding hydrogens is 334 g/mol. The summed E-state index contributed by atoms with van der Waals surface area (Å²) in [7, 11) is 2.92. The second-order valence-electron chi connectivity index (χ2n) is 5.14. The summed E-state index contributed by atoms with van der Waals surface area (Å²) < 4.78 is 15.6. The molecule has 6 nitrogen and oxygen atoms in total. The van der Waals surface area contributed by atoms with Gasteiger partial charge in [0.05, 0.1) is 18.7 Å². The predicted molar refractivity (Wildman–Crippen MR) is 88.2 cm³/mol. The first-order valence-electron chi connectivity index (χ1n) is 7.21. The third-order valence-electron chi connectivity index (χ3n) is 3.38. The average molecular weight is 352 g/mol. The van der Waals surface area contributed by atoms with E-state index in [1.807, 2.05) is 0 Å². The van der Waals surface area contributed by atoms with Crippen LogP contribution >= 0.6 is 11.6 Å². The normalized spacial score (nSPS) is 10.3. The van der Waals surface area contributed by atoms with E-state index in [2.05, 4.69) is 4.74 Å². The molecule has 0 fully saturated rings. The Bertz CT molecular complexity index is 740. The molecule has 128 valence electrons. The molecule has 0 radical (unpaired) electrons. The summed E-state index contributed by atoms with van der Waals surface area (Å²) in [4.78, 5) is 25.1. The maximum absolute atomic E-state index is 12.1. The number of methoxy groups -OCH3 is 1. The van der Waals surface area contributed by atoms with E-state index in [1.54, 1.807) is 44.3 Å². The number of hydrogen-bond donors (Lipinski definition) is 0. The van der Waals surface area contributed by atoms with Gasteiger partial charge in [0.25, 0.3) is 5.91 Å². The molecule has 24 heavy (non-hydrogen) atoms. The molecule has 0 N–H and O–H groups in total. The fraction of sp³-hybridized carbons (Fsp3) is 0.294. The molecule has 0 bridgehead atoms. The van der Waals surface area contributed by atoms with Crippen molar-refractivity contribution in [2.45, 2.75) is 13.5 Å². The number of halogens is 1. The number of carbonyl (C=O) groups is 2. The van der Waals surface area contributed by atoms with Crippen LogP contribution in [-0.2, 0) is 16.1 Å². The van der Waals surface area contributed by atoms with Gasteiger partial charge in [0.2, 0.25) is 0 Å². The van der Waals surface area contributed by atoms with Gasteiger partial charge in [0.1, 0.15) is 22.8 Å². The smallest absolute Gasteiger partial charge is 0.341 e. The minimum Gasteiger partial charge on any atom is -0.482 e. The van der Waals surface area contributed by atoms with Gasteiger partial charge in [-0.1, -0.05) is 23.7 Å². The second kappa shape index (κ2) is 7.88. The summed E-state index contributed by atoms with van der Waals surface area (Å²) in [5.41, 5.74) is 0.348. The van der Waals surface area contributed by atoms with E-state index in [-0.39, 0.29) is 19.1 Å². The standard InChI is InChI=1S/C17H18ClNO5/c1-11-13(17(21)22-3)8-12(24-11)9-19(2)16(20)10-23-15-7-5-4-6-14(15)18/h4-8H,9-10H2,1-3H3. The summed E-state index contributed by atoms with van der Waals surface area (Å²) >= 11 is 5.97. The Kier molecular flexibility index (Phi) is 5.87. The lowest BCUT2D eigenvalue weighted by Gasteiger charge is -2.16. The van der Waals surface area contributed by atoms with Crippen molar-refractivity contribution in [3.8, 4) is 5.75 Å². The Morgan fingerprint density at radius 3 is 2.67 bits per heavy atom. The predicted octanol–water partition coefficient (Wildman–Crippen LogP) is 3.07. The second-order valence-corrected chi connectivity index (χ2v) is 5.55. The number of esters is 1. The molecule has 7 heteroatoms. The molecule has 0 aliphatic heterocycles. The van der Waals surface area contributed by atoms with Gasteiger partial charge in [-0.2, -0.15) is 0 Å². The van der Waals surface area contributed by atoms with Crippen LogP contribution in [-0.4, -0.2) is 37.5 Å². The number of ether oxygens (including phenoxy) is 2. The lowest BCUT2D eigenvalue weighted by atomic mass is 10.2. The highest BCUT2D eigenvalue weighted by Gasteiger charge is 2.18. The van der Waals surface area contributed by atoms with Crippen LogP contribution in [0.3, 0.4) is 0 Å². The molecule has 2 rings (SSSR count). The van der Waals surface area contributed by atoms with Crippen molar-refractivity contribution in [3.63, 3.8) is 0 Å². The van der Waals surface area contributed by atoms with Crippen LogP contribution in [0.4, 0.5) is 0 Å². The van der Waals surface area contributed by atoms with Crippen LogP contribution < -0.4 is 4.74 Å². The van der Waals surface area contributed by atoms with Crippen molar-refractivity contribution in [1.29, 1.82) is 0 Å². The topological polar surface area (TPSA) is 69.0 Å². The Morgan fingerprint density at radius 2 is 2.00 bits per heavy atom.